The molecule has 0 unspecified atom stereocenters. The Labute approximate surface area is 196 Å². The van der Waals surface area contributed by atoms with Gasteiger partial charge in [-0.25, -0.2) is 0 Å². The van der Waals surface area contributed by atoms with Gasteiger partial charge < -0.3 is 23.9 Å². The van der Waals surface area contributed by atoms with E-state index in [0.29, 0.717) is 18.8 Å². The lowest BCUT2D eigenvalue weighted by molar-refractivity contribution is -0.143. The Bertz CT molecular complexity index is 1360. The zero-order chi connectivity index (χ0) is 23.1. The number of para-hydroxylation sites is 1. The zero-order valence-corrected chi connectivity index (χ0v) is 18.7. The highest BCUT2D eigenvalue weighted by Gasteiger charge is 2.35. The summed E-state index contributed by atoms with van der Waals surface area (Å²) in [6.07, 6.45) is 0.519. The van der Waals surface area contributed by atoms with Crippen LogP contribution in [0.3, 0.4) is 0 Å². The van der Waals surface area contributed by atoms with Crippen LogP contribution in [0.15, 0.2) is 66.7 Å². The molecule has 1 aromatic heterocycles. The molecule has 7 heteroatoms. The standard InChI is InChI=1S/C27H24N2O5/c1-31-27(30)20-13-19-18-8-5-9-22(32-14-16-6-3-2-4-7-16)25(18)29-26(19)24(28-20)17-10-11-21-23(12-17)34-15-33-21/h2-12,20,24,28-29H,13-15H2,1H3/t20-,24-/m1/s1. The third-order valence-electron chi connectivity index (χ3n) is 6.45. The number of nitrogens with one attached hydrogen (secondary N) is 2. The molecule has 2 aliphatic rings. The molecule has 0 amide bonds. The van der Waals surface area contributed by atoms with Crippen LogP contribution in [0.4, 0.5) is 0 Å². The summed E-state index contributed by atoms with van der Waals surface area (Å²) in [5, 5.41) is 4.51. The summed E-state index contributed by atoms with van der Waals surface area (Å²) in [5.41, 5.74) is 5.07. The first-order valence-electron chi connectivity index (χ1n) is 11.2. The van der Waals surface area contributed by atoms with Gasteiger partial charge in [-0.15, -0.1) is 0 Å². The Kier molecular flexibility index (Phi) is 5.11. The van der Waals surface area contributed by atoms with Gasteiger partial charge in [0.2, 0.25) is 6.79 Å². The Morgan fingerprint density at radius 1 is 1.03 bits per heavy atom. The zero-order valence-electron chi connectivity index (χ0n) is 18.7. The predicted molar refractivity (Wildman–Crippen MR) is 126 cm³/mol. The van der Waals surface area contributed by atoms with Gasteiger partial charge in [0.25, 0.3) is 0 Å². The maximum absolute atomic E-state index is 12.6. The van der Waals surface area contributed by atoms with Crippen LogP contribution in [0, 0.1) is 0 Å². The van der Waals surface area contributed by atoms with E-state index in [1.807, 2.05) is 60.7 Å². The van der Waals surface area contributed by atoms with E-state index in [-0.39, 0.29) is 18.8 Å². The normalized spacial score (nSPS) is 18.5. The molecule has 0 spiro atoms. The fourth-order valence-electron chi connectivity index (χ4n) is 4.79. The summed E-state index contributed by atoms with van der Waals surface area (Å²) < 4.78 is 22.3. The van der Waals surface area contributed by atoms with E-state index in [1.165, 1.54) is 7.11 Å². The van der Waals surface area contributed by atoms with Gasteiger partial charge in [0, 0.05) is 17.5 Å². The van der Waals surface area contributed by atoms with Crippen molar-refractivity contribution in [3.05, 3.63) is 89.1 Å². The lowest BCUT2D eigenvalue weighted by atomic mass is 9.90. The topological polar surface area (TPSA) is 81.8 Å². The second kappa shape index (κ2) is 8.43. The highest BCUT2D eigenvalue weighted by Crippen LogP contribution is 2.41. The number of rotatable bonds is 5. The third-order valence-corrected chi connectivity index (χ3v) is 6.45. The highest BCUT2D eigenvalue weighted by molar-refractivity contribution is 5.91. The number of aromatic amines is 1. The van der Waals surface area contributed by atoms with E-state index in [2.05, 4.69) is 16.4 Å². The Balaban J connectivity index is 1.42. The van der Waals surface area contributed by atoms with Crippen LogP contribution >= 0.6 is 0 Å². The summed E-state index contributed by atoms with van der Waals surface area (Å²) in [6, 6.07) is 21.2. The third kappa shape index (κ3) is 3.54. The molecule has 2 atom stereocenters. The molecule has 0 aliphatic carbocycles. The van der Waals surface area contributed by atoms with Crippen LogP contribution in [0.25, 0.3) is 10.9 Å². The summed E-state index contributed by atoms with van der Waals surface area (Å²) in [6.45, 7) is 0.680. The average molecular weight is 456 g/mol. The Hall–Kier alpha value is -3.97. The molecular weight excluding hydrogens is 432 g/mol. The molecule has 0 radical (unpaired) electrons. The number of hydrogen-bond donors (Lipinski definition) is 2. The van der Waals surface area contributed by atoms with Crippen LogP contribution in [-0.2, 0) is 22.6 Å². The number of H-pyrrole nitrogens is 1. The van der Waals surface area contributed by atoms with Crippen LogP contribution in [0.2, 0.25) is 0 Å². The van der Waals surface area contributed by atoms with E-state index in [4.69, 9.17) is 18.9 Å². The van der Waals surface area contributed by atoms with Crippen LogP contribution < -0.4 is 19.5 Å². The lowest BCUT2D eigenvalue weighted by Gasteiger charge is -2.30. The summed E-state index contributed by atoms with van der Waals surface area (Å²) in [7, 11) is 1.42. The van der Waals surface area contributed by atoms with Gasteiger partial charge in [0.05, 0.1) is 18.7 Å². The van der Waals surface area contributed by atoms with Gasteiger partial charge >= 0.3 is 5.97 Å². The molecule has 34 heavy (non-hydrogen) atoms. The van der Waals surface area contributed by atoms with Gasteiger partial charge in [-0.05, 0) is 34.9 Å². The first kappa shape index (κ1) is 20.6. The molecule has 2 aliphatic heterocycles. The molecule has 3 heterocycles. The van der Waals surface area contributed by atoms with Crippen molar-refractivity contribution in [3.8, 4) is 17.2 Å². The minimum absolute atomic E-state index is 0.210. The molecule has 172 valence electrons. The van der Waals surface area contributed by atoms with E-state index in [0.717, 1.165) is 44.8 Å². The molecule has 0 saturated heterocycles. The van der Waals surface area contributed by atoms with Crippen LogP contribution in [-0.4, -0.2) is 30.9 Å². The summed E-state index contributed by atoms with van der Waals surface area (Å²) in [5.74, 6) is 1.90. The molecule has 6 rings (SSSR count). The second-order valence-electron chi connectivity index (χ2n) is 8.46. The molecule has 0 fully saturated rings. The quantitative estimate of drug-likeness (QED) is 0.437. The number of ether oxygens (including phenoxy) is 4. The van der Waals surface area contributed by atoms with Crippen molar-refractivity contribution < 1.29 is 23.7 Å². The van der Waals surface area contributed by atoms with Crippen molar-refractivity contribution in [3.63, 3.8) is 0 Å². The predicted octanol–water partition coefficient (Wildman–Crippen LogP) is 4.25. The van der Waals surface area contributed by atoms with Crippen LogP contribution in [0.1, 0.15) is 28.4 Å². The number of carbonyl (C=O) groups excluding carboxylic acids is 1. The fraction of sp³-hybridized carbons (Fsp3) is 0.222. The van der Waals surface area contributed by atoms with Gasteiger partial charge in [-0.3, -0.25) is 10.1 Å². The Morgan fingerprint density at radius 3 is 2.74 bits per heavy atom. The van der Waals surface area contributed by atoms with Gasteiger partial charge in [-0.1, -0.05) is 48.5 Å². The van der Waals surface area contributed by atoms with Gasteiger partial charge in [0.1, 0.15) is 18.4 Å². The minimum Gasteiger partial charge on any atom is -0.487 e. The Morgan fingerprint density at radius 2 is 1.88 bits per heavy atom. The molecule has 2 N–H and O–H groups in total. The monoisotopic (exact) mass is 456 g/mol. The average Bonchev–Trinajstić information content (AvgIpc) is 3.51. The van der Waals surface area contributed by atoms with Crippen LogP contribution in [0.5, 0.6) is 17.2 Å². The first-order valence-corrected chi connectivity index (χ1v) is 11.2. The van der Waals surface area contributed by atoms with E-state index in [1.54, 1.807) is 0 Å². The SMILES string of the molecule is COC(=O)[C@H]1Cc2c([nH]c3c(OCc4ccccc4)cccc23)[C@@H](c2ccc3c(c2)OCO3)N1. The van der Waals surface area contributed by atoms with Crippen molar-refractivity contribution >= 4 is 16.9 Å². The highest BCUT2D eigenvalue weighted by atomic mass is 16.7. The van der Waals surface area contributed by atoms with E-state index >= 15 is 0 Å². The number of benzene rings is 3. The van der Waals surface area contributed by atoms with E-state index in [9.17, 15) is 4.79 Å². The molecule has 0 saturated carbocycles. The number of aromatic nitrogens is 1. The summed E-state index contributed by atoms with van der Waals surface area (Å²) in [4.78, 5) is 16.2. The summed E-state index contributed by atoms with van der Waals surface area (Å²) >= 11 is 0. The number of carbonyl (C=O) groups is 1. The molecule has 0 bridgehead atoms. The maximum atomic E-state index is 12.6. The van der Waals surface area contributed by atoms with Gasteiger partial charge in [0.15, 0.2) is 11.5 Å². The molecule has 4 aromatic rings. The minimum atomic E-state index is -0.471. The van der Waals surface area contributed by atoms with Crippen molar-refractivity contribution in [1.29, 1.82) is 0 Å². The number of esters is 1. The molecule has 3 aromatic carbocycles. The molecule has 7 nitrogen and oxygen atoms in total. The van der Waals surface area contributed by atoms with E-state index < -0.39 is 6.04 Å². The lowest BCUT2D eigenvalue weighted by Crippen LogP contribution is -2.45. The fourth-order valence-corrected chi connectivity index (χ4v) is 4.79. The van der Waals surface area contributed by atoms with Crippen molar-refractivity contribution in [1.82, 2.24) is 10.3 Å². The first-order chi connectivity index (χ1) is 16.7. The van der Waals surface area contributed by atoms with Crippen molar-refractivity contribution in [2.45, 2.75) is 25.1 Å². The van der Waals surface area contributed by atoms with Crippen molar-refractivity contribution in [2.24, 2.45) is 0 Å². The number of fused-ring (bicyclic) bond motifs is 4. The second-order valence-corrected chi connectivity index (χ2v) is 8.46. The smallest absolute Gasteiger partial charge is 0.323 e. The van der Waals surface area contributed by atoms with Gasteiger partial charge in [-0.2, -0.15) is 0 Å². The number of hydrogen-bond acceptors (Lipinski definition) is 6. The molecular formula is C27H24N2O5. The largest absolute Gasteiger partial charge is 0.487 e. The maximum Gasteiger partial charge on any atom is 0.323 e. The number of methoxy groups -OCH3 is 1. The van der Waals surface area contributed by atoms with Crippen molar-refractivity contribution in [2.75, 3.05) is 13.9 Å².